The third-order valence-electron chi connectivity index (χ3n) is 3.88. The summed E-state index contributed by atoms with van der Waals surface area (Å²) in [6.07, 6.45) is 0. The molecule has 0 saturated carbocycles. The first-order valence-electron chi connectivity index (χ1n) is 8.00. The minimum atomic E-state index is -2.86. The lowest BCUT2D eigenvalue weighted by molar-refractivity contribution is -0.0506. The Morgan fingerprint density at radius 3 is 2.64 bits per heavy atom. The Morgan fingerprint density at radius 2 is 1.96 bits per heavy atom. The van der Waals surface area contributed by atoms with Gasteiger partial charge in [0.25, 0.3) is 5.91 Å². The van der Waals surface area contributed by atoms with Crippen LogP contribution in [-0.2, 0) is 6.54 Å². The fourth-order valence-electron chi connectivity index (χ4n) is 2.56. The molecular weight excluding hydrogens is 326 g/mol. The molecule has 0 aromatic heterocycles. The fourth-order valence-corrected chi connectivity index (χ4v) is 2.56. The van der Waals surface area contributed by atoms with E-state index in [9.17, 15) is 13.6 Å². The summed E-state index contributed by atoms with van der Waals surface area (Å²) >= 11 is 0. The van der Waals surface area contributed by atoms with Crippen LogP contribution in [-0.4, -0.2) is 19.6 Å². The lowest BCUT2D eigenvalue weighted by atomic mass is 10.0. The Kier molecular flexibility index (Phi) is 6.47. The smallest absolute Gasteiger partial charge is 0.387 e. The highest BCUT2D eigenvalue weighted by atomic mass is 19.3. The van der Waals surface area contributed by atoms with Crippen LogP contribution in [0.4, 0.5) is 8.78 Å². The second kappa shape index (κ2) is 8.58. The molecule has 0 aliphatic carbocycles. The van der Waals surface area contributed by atoms with Gasteiger partial charge in [-0.15, -0.1) is 0 Å². The fraction of sp³-hybridized carbons (Fsp3) is 0.316. The van der Waals surface area contributed by atoms with Crippen molar-refractivity contribution in [1.29, 1.82) is 0 Å². The van der Waals surface area contributed by atoms with Gasteiger partial charge in [-0.25, -0.2) is 0 Å². The van der Waals surface area contributed by atoms with Gasteiger partial charge in [0.2, 0.25) is 0 Å². The number of amides is 1. The third-order valence-corrected chi connectivity index (χ3v) is 3.88. The molecule has 0 aliphatic heterocycles. The van der Waals surface area contributed by atoms with Crippen molar-refractivity contribution in [3.8, 4) is 5.75 Å². The molecule has 1 atom stereocenters. The molecule has 0 aliphatic rings. The van der Waals surface area contributed by atoms with Crippen LogP contribution in [0.5, 0.6) is 5.75 Å². The van der Waals surface area contributed by atoms with Crippen LogP contribution >= 0.6 is 0 Å². The highest BCUT2D eigenvalue weighted by Gasteiger charge is 2.15. The number of aryl methyl sites for hydroxylation is 1. The van der Waals surface area contributed by atoms with Gasteiger partial charge in [0.1, 0.15) is 5.75 Å². The van der Waals surface area contributed by atoms with Crippen molar-refractivity contribution >= 4 is 5.91 Å². The SMILES string of the molecule is CNC(=O)c1cccc(CN[C@H](C)c2cc(C)ccc2OC(F)F)c1. The van der Waals surface area contributed by atoms with E-state index < -0.39 is 6.61 Å². The van der Waals surface area contributed by atoms with Gasteiger partial charge in [0.15, 0.2) is 0 Å². The molecule has 0 unspecified atom stereocenters. The van der Waals surface area contributed by atoms with E-state index in [0.29, 0.717) is 17.7 Å². The highest BCUT2D eigenvalue weighted by Crippen LogP contribution is 2.28. The normalized spacial score (nSPS) is 12.1. The molecule has 0 fully saturated rings. The molecule has 4 nitrogen and oxygen atoms in total. The number of hydrogen-bond donors (Lipinski definition) is 2. The van der Waals surface area contributed by atoms with E-state index >= 15 is 0 Å². The van der Waals surface area contributed by atoms with E-state index in [1.165, 1.54) is 0 Å². The summed E-state index contributed by atoms with van der Waals surface area (Å²) in [5, 5.41) is 5.87. The minimum absolute atomic E-state index is 0.152. The largest absolute Gasteiger partial charge is 0.434 e. The number of hydrogen-bond acceptors (Lipinski definition) is 3. The molecule has 25 heavy (non-hydrogen) atoms. The molecule has 2 rings (SSSR count). The molecule has 0 saturated heterocycles. The predicted octanol–water partition coefficient (Wildman–Crippen LogP) is 3.81. The van der Waals surface area contributed by atoms with Gasteiger partial charge in [-0.2, -0.15) is 8.78 Å². The Hall–Kier alpha value is -2.47. The standard InChI is InChI=1S/C19H22F2N2O2/c1-12-7-8-17(25-19(20)21)16(9-12)13(2)23-11-14-5-4-6-15(10-14)18(24)22-3/h4-10,13,19,23H,11H2,1-3H3,(H,22,24)/t13-/m1/s1. The summed E-state index contributed by atoms with van der Waals surface area (Å²) in [6.45, 7) is 1.41. The van der Waals surface area contributed by atoms with Crippen LogP contribution < -0.4 is 15.4 Å². The zero-order valence-corrected chi connectivity index (χ0v) is 14.5. The topological polar surface area (TPSA) is 50.4 Å². The average Bonchev–Trinajstić information content (AvgIpc) is 2.60. The molecule has 0 spiro atoms. The summed E-state index contributed by atoms with van der Waals surface area (Å²) in [4.78, 5) is 11.7. The maximum absolute atomic E-state index is 12.6. The first-order valence-corrected chi connectivity index (χ1v) is 8.00. The summed E-state index contributed by atoms with van der Waals surface area (Å²) in [5.41, 5.74) is 3.14. The van der Waals surface area contributed by atoms with E-state index in [2.05, 4.69) is 15.4 Å². The number of rotatable bonds is 7. The molecule has 0 heterocycles. The van der Waals surface area contributed by atoms with Crippen molar-refractivity contribution in [2.24, 2.45) is 0 Å². The summed E-state index contributed by atoms with van der Waals surface area (Å²) in [7, 11) is 1.58. The van der Waals surface area contributed by atoms with Gasteiger partial charge in [-0.3, -0.25) is 4.79 Å². The van der Waals surface area contributed by atoms with Crippen molar-refractivity contribution in [3.63, 3.8) is 0 Å². The van der Waals surface area contributed by atoms with Gasteiger partial charge in [-0.1, -0.05) is 29.8 Å². The Labute approximate surface area is 146 Å². The average molecular weight is 348 g/mol. The van der Waals surface area contributed by atoms with Crippen LogP contribution in [0.3, 0.4) is 0 Å². The first-order chi connectivity index (χ1) is 11.9. The molecule has 2 N–H and O–H groups in total. The van der Waals surface area contributed by atoms with Crippen LogP contribution in [0.1, 0.15) is 40.0 Å². The van der Waals surface area contributed by atoms with E-state index in [4.69, 9.17) is 0 Å². The maximum Gasteiger partial charge on any atom is 0.387 e. The van der Waals surface area contributed by atoms with Crippen LogP contribution in [0, 0.1) is 6.92 Å². The number of halogens is 2. The zero-order chi connectivity index (χ0) is 18.4. The van der Waals surface area contributed by atoms with Gasteiger partial charge in [0.05, 0.1) is 0 Å². The minimum Gasteiger partial charge on any atom is -0.434 e. The van der Waals surface area contributed by atoms with Gasteiger partial charge < -0.3 is 15.4 Å². The summed E-state index contributed by atoms with van der Waals surface area (Å²) in [5.74, 6) is 0.0147. The molecular formula is C19H22F2N2O2. The predicted molar refractivity (Wildman–Crippen MR) is 92.9 cm³/mol. The molecule has 0 radical (unpaired) electrons. The summed E-state index contributed by atoms with van der Waals surface area (Å²) in [6, 6.07) is 12.2. The quantitative estimate of drug-likeness (QED) is 0.800. The molecule has 2 aromatic carbocycles. The van der Waals surface area contributed by atoms with E-state index in [0.717, 1.165) is 11.1 Å². The van der Waals surface area contributed by atoms with Crippen LogP contribution in [0.2, 0.25) is 0 Å². The van der Waals surface area contributed by atoms with Gasteiger partial charge in [-0.05, 0) is 37.6 Å². The Balaban J connectivity index is 2.11. The monoisotopic (exact) mass is 348 g/mol. The second-order valence-corrected chi connectivity index (χ2v) is 5.80. The number of nitrogens with one attached hydrogen (secondary N) is 2. The maximum atomic E-state index is 12.6. The molecule has 0 bridgehead atoms. The number of alkyl halides is 2. The van der Waals surface area contributed by atoms with Crippen molar-refractivity contribution in [1.82, 2.24) is 10.6 Å². The number of ether oxygens (including phenoxy) is 1. The first kappa shape index (κ1) is 18.9. The van der Waals surface area contributed by atoms with Crippen molar-refractivity contribution in [3.05, 3.63) is 64.7 Å². The third kappa shape index (κ3) is 5.26. The lowest BCUT2D eigenvalue weighted by Crippen LogP contribution is -2.21. The molecule has 134 valence electrons. The summed E-state index contributed by atoms with van der Waals surface area (Å²) < 4.78 is 29.8. The molecule has 2 aromatic rings. The lowest BCUT2D eigenvalue weighted by Gasteiger charge is -2.19. The Bertz CT molecular complexity index is 735. The van der Waals surface area contributed by atoms with Crippen molar-refractivity contribution in [2.45, 2.75) is 33.0 Å². The van der Waals surface area contributed by atoms with E-state index in [-0.39, 0.29) is 17.7 Å². The van der Waals surface area contributed by atoms with Crippen LogP contribution in [0.25, 0.3) is 0 Å². The molecule has 6 heteroatoms. The number of benzene rings is 2. The van der Waals surface area contributed by atoms with Gasteiger partial charge in [0, 0.05) is 30.8 Å². The van der Waals surface area contributed by atoms with E-state index in [1.807, 2.05) is 32.0 Å². The van der Waals surface area contributed by atoms with Crippen molar-refractivity contribution in [2.75, 3.05) is 7.05 Å². The number of carbonyl (C=O) groups excluding carboxylic acids is 1. The van der Waals surface area contributed by atoms with E-state index in [1.54, 1.807) is 31.3 Å². The second-order valence-electron chi connectivity index (χ2n) is 5.80. The number of carbonyl (C=O) groups is 1. The van der Waals surface area contributed by atoms with Gasteiger partial charge >= 0.3 is 6.61 Å². The molecule has 1 amide bonds. The Morgan fingerprint density at radius 1 is 1.20 bits per heavy atom. The zero-order valence-electron chi connectivity index (χ0n) is 14.5. The van der Waals surface area contributed by atoms with Crippen LogP contribution in [0.15, 0.2) is 42.5 Å². The highest BCUT2D eigenvalue weighted by molar-refractivity contribution is 5.94. The van der Waals surface area contributed by atoms with Crippen molar-refractivity contribution < 1.29 is 18.3 Å².